The molecule has 2 aromatic carbocycles. The number of hydrogen-bond acceptors (Lipinski definition) is 4. The number of aromatic nitrogens is 2. The Hall–Kier alpha value is -3.35. The summed E-state index contributed by atoms with van der Waals surface area (Å²) in [6.45, 7) is 5.12. The average molecular weight is 421 g/mol. The zero-order valence-electron chi connectivity index (χ0n) is 17.9. The molecule has 0 aliphatic carbocycles. The van der Waals surface area contributed by atoms with Gasteiger partial charge in [0.1, 0.15) is 12.3 Å². The van der Waals surface area contributed by atoms with Gasteiger partial charge in [-0.05, 0) is 56.5 Å². The number of amides is 1. The number of fused-ring (bicyclic) bond motifs is 1. The minimum absolute atomic E-state index is 0.0257. The quantitative estimate of drug-likeness (QED) is 0.613. The van der Waals surface area contributed by atoms with Crippen molar-refractivity contribution < 1.29 is 9.53 Å². The highest BCUT2D eigenvalue weighted by Crippen LogP contribution is 2.33. The van der Waals surface area contributed by atoms with Crippen molar-refractivity contribution in [2.45, 2.75) is 45.8 Å². The molecule has 0 spiro atoms. The third kappa shape index (κ3) is 3.87. The molecule has 1 amide bonds. The standard InChI is InChI=1S/C24H27N3O4/c1-3-25-23(29)19-8-5-6-9-21(19)27(24(25)30)16-22(28)26-15-7-10-20(26)17-11-13-18(14-12-17)31-4-2/h5-6,8-9,11-14,20H,3-4,7,10,15-16H2,1-2H3. The topological polar surface area (TPSA) is 73.5 Å². The first kappa shape index (κ1) is 20.9. The molecule has 0 saturated carbocycles. The molecule has 0 bridgehead atoms. The van der Waals surface area contributed by atoms with Crippen molar-refractivity contribution in [2.24, 2.45) is 0 Å². The molecule has 3 aromatic rings. The molecule has 1 unspecified atom stereocenters. The van der Waals surface area contributed by atoms with Crippen molar-refractivity contribution in [1.29, 1.82) is 0 Å². The Balaban J connectivity index is 1.66. The Bertz CT molecular complexity index is 1210. The van der Waals surface area contributed by atoms with Gasteiger partial charge in [0, 0.05) is 13.1 Å². The van der Waals surface area contributed by atoms with Crippen molar-refractivity contribution in [3.05, 3.63) is 74.9 Å². The number of carbonyl (C=O) groups excluding carboxylic acids is 1. The second kappa shape index (κ2) is 8.79. The van der Waals surface area contributed by atoms with Crippen LogP contribution in [0.5, 0.6) is 5.75 Å². The van der Waals surface area contributed by atoms with Gasteiger partial charge in [-0.1, -0.05) is 24.3 Å². The molecule has 162 valence electrons. The number of ether oxygens (including phenoxy) is 1. The second-order valence-corrected chi connectivity index (χ2v) is 7.68. The van der Waals surface area contributed by atoms with Crippen LogP contribution >= 0.6 is 0 Å². The Morgan fingerprint density at radius 3 is 2.48 bits per heavy atom. The Morgan fingerprint density at radius 1 is 1.03 bits per heavy atom. The molecule has 0 radical (unpaired) electrons. The van der Waals surface area contributed by atoms with Crippen LogP contribution in [0, 0.1) is 0 Å². The summed E-state index contributed by atoms with van der Waals surface area (Å²) >= 11 is 0. The lowest BCUT2D eigenvalue weighted by molar-refractivity contribution is -0.132. The number of likely N-dealkylation sites (tertiary alicyclic amines) is 1. The normalized spacial score (nSPS) is 16.1. The highest BCUT2D eigenvalue weighted by atomic mass is 16.5. The van der Waals surface area contributed by atoms with Crippen molar-refractivity contribution in [3.63, 3.8) is 0 Å². The molecular weight excluding hydrogens is 394 g/mol. The lowest BCUT2D eigenvalue weighted by Crippen LogP contribution is -2.43. The molecule has 2 heterocycles. The molecule has 1 aliphatic rings. The minimum atomic E-state index is -0.448. The van der Waals surface area contributed by atoms with E-state index in [4.69, 9.17) is 4.74 Å². The van der Waals surface area contributed by atoms with E-state index in [9.17, 15) is 14.4 Å². The molecular formula is C24H27N3O4. The number of para-hydroxylation sites is 1. The first-order chi connectivity index (χ1) is 15.0. The van der Waals surface area contributed by atoms with Gasteiger partial charge in [-0.3, -0.25) is 18.7 Å². The number of hydrogen-bond donors (Lipinski definition) is 0. The van der Waals surface area contributed by atoms with E-state index < -0.39 is 5.69 Å². The summed E-state index contributed by atoms with van der Waals surface area (Å²) in [6, 6.07) is 14.8. The molecule has 1 saturated heterocycles. The predicted molar refractivity (Wildman–Crippen MR) is 119 cm³/mol. The summed E-state index contributed by atoms with van der Waals surface area (Å²) in [5.41, 5.74) is 0.786. The molecule has 7 nitrogen and oxygen atoms in total. The van der Waals surface area contributed by atoms with Gasteiger partial charge in [0.05, 0.1) is 23.6 Å². The van der Waals surface area contributed by atoms with Crippen molar-refractivity contribution in [3.8, 4) is 5.75 Å². The summed E-state index contributed by atoms with van der Waals surface area (Å²) in [5.74, 6) is 0.687. The monoisotopic (exact) mass is 421 g/mol. The summed E-state index contributed by atoms with van der Waals surface area (Å²) in [7, 11) is 0. The first-order valence-electron chi connectivity index (χ1n) is 10.8. The zero-order valence-corrected chi connectivity index (χ0v) is 17.9. The average Bonchev–Trinajstić information content (AvgIpc) is 3.28. The molecule has 1 aromatic heterocycles. The largest absolute Gasteiger partial charge is 0.494 e. The van der Waals surface area contributed by atoms with Crippen LogP contribution in [0.3, 0.4) is 0 Å². The maximum Gasteiger partial charge on any atom is 0.331 e. The Labute approximate surface area is 180 Å². The van der Waals surface area contributed by atoms with Gasteiger partial charge < -0.3 is 9.64 Å². The number of benzene rings is 2. The number of rotatable bonds is 6. The summed E-state index contributed by atoms with van der Waals surface area (Å²) in [6.07, 6.45) is 1.79. The van der Waals surface area contributed by atoms with Gasteiger partial charge in [0.2, 0.25) is 5.91 Å². The molecule has 0 N–H and O–H groups in total. The van der Waals surface area contributed by atoms with Crippen LogP contribution in [0.4, 0.5) is 0 Å². The zero-order chi connectivity index (χ0) is 22.0. The van der Waals surface area contributed by atoms with Crippen LogP contribution in [0.2, 0.25) is 0 Å². The Kier molecular flexibility index (Phi) is 5.93. The highest BCUT2D eigenvalue weighted by molar-refractivity contribution is 5.82. The van der Waals surface area contributed by atoms with Crippen molar-refractivity contribution in [1.82, 2.24) is 14.0 Å². The first-order valence-corrected chi connectivity index (χ1v) is 10.8. The van der Waals surface area contributed by atoms with E-state index in [-0.39, 0.29) is 30.6 Å². The van der Waals surface area contributed by atoms with Crippen LogP contribution in [-0.4, -0.2) is 33.1 Å². The van der Waals surface area contributed by atoms with Gasteiger partial charge in [-0.2, -0.15) is 0 Å². The molecule has 1 atom stereocenters. The predicted octanol–water partition coefficient (Wildman–Crippen LogP) is 2.95. The molecule has 1 fully saturated rings. The molecule has 4 rings (SSSR count). The maximum atomic E-state index is 13.3. The number of nitrogens with zero attached hydrogens (tertiary/aromatic N) is 3. The molecule has 7 heteroatoms. The fourth-order valence-corrected chi connectivity index (χ4v) is 4.39. The summed E-state index contributed by atoms with van der Waals surface area (Å²) in [4.78, 5) is 40.8. The van der Waals surface area contributed by atoms with E-state index in [1.54, 1.807) is 31.2 Å². The van der Waals surface area contributed by atoms with Crippen LogP contribution < -0.4 is 16.0 Å². The van der Waals surface area contributed by atoms with Gasteiger partial charge in [0.25, 0.3) is 5.56 Å². The third-order valence-electron chi connectivity index (χ3n) is 5.89. The van der Waals surface area contributed by atoms with Crippen LogP contribution in [0.15, 0.2) is 58.1 Å². The smallest absolute Gasteiger partial charge is 0.331 e. The van der Waals surface area contributed by atoms with Gasteiger partial charge >= 0.3 is 5.69 Å². The lowest BCUT2D eigenvalue weighted by Gasteiger charge is -2.26. The van der Waals surface area contributed by atoms with E-state index in [0.717, 1.165) is 24.2 Å². The maximum absolute atomic E-state index is 13.3. The second-order valence-electron chi connectivity index (χ2n) is 7.68. The van der Waals surface area contributed by atoms with Gasteiger partial charge in [-0.15, -0.1) is 0 Å². The summed E-state index contributed by atoms with van der Waals surface area (Å²) in [5, 5.41) is 0.446. The van der Waals surface area contributed by atoms with Crippen LogP contribution in [0.25, 0.3) is 10.9 Å². The van der Waals surface area contributed by atoms with Crippen molar-refractivity contribution in [2.75, 3.05) is 13.2 Å². The van der Waals surface area contributed by atoms with Crippen LogP contribution in [0.1, 0.15) is 38.3 Å². The van der Waals surface area contributed by atoms with Gasteiger partial charge in [-0.25, -0.2) is 4.79 Å². The fourth-order valence-electron chi connectivity index (χ4n) is 4.39. The molecule has 1 aliphatic heterocycles. The van der Waals surface area contributed by atoms with E-state index in [2.05, 4.69) is 0 Å². The summed E-state index contributed by atoms with van der Waals surface area (Å²) < 4.78 is 8.13. The van der Waals surface area contributed by atoms with Gasteiger partial charge in [0.15, 0.2) is 0 Å². The van der Waals surface area contributed by atoms with E-state index >= 15 is 0 Å². The lowest BCUT2D eigenvalue weighted by atomic mass is 10.0. The Morgan fingerprint density at radius 2 is 1.77 bits per heavy atom. The highest BCUT2D eigenvalue weighted by Gasteiger charge is 2.30. The van der Waals surface area contributed by atoms with Crippen LogP contribution in [-0.2, 0) is 17.9 Å². The molecule has 31 heavy (non-hydrogen) atoms. The van der Waals surface area contributed by atoms with E-state index in [1.807, 2.05) is 36.1 Å². The SMILES string of the molecule is CCOc1ccc(C2CCCN2C(=O)Cn2c(=O)n(CC)c(=O)c3ccccc32)cc1. The number of carbonyl (C=O) groups is 1. The van der Waals surface area contributed by atoms with Crippen molar-refractivity contribution >= 4 is 16.8 Å². The van der Waals surface area contributed by atoms with E-state index in [0.29, 0.717) is 24.1 Å². The fraction of sp³-hybridized carbons (Fsp3) is 0.375. The van der Waals surface area contributed by atoms with E-state index in [1.165, 1.54) is 9.13 Å². The minimum Gasteiger partial charge on any atom is -0.494 e. The third-order valence-corrected chi connectivity index (χ3v) is 5.89.